The number of carbonyl (C=O) groups is 1. The maximum Gasteiger partial charge on any atom is 0.417 e. The van der Waals surface area contributed by atoms with Gasteiger partial charge in [0, 0.05) is 23.4 Å². The van der Waals surface area contributed by atoms with Crippen molar-refractivity contribution in [3.63, 3.8) is 0 Å². The molecule has 0 aliphatic heterocycles. The molecule has 1 heterocycles. The van der Waals surface area contributed by atoms with Gasteiger partial charge in [0.05, 0.1) is 22.6 Å². The number of anilines is 1. The van der Waals surface area contributed by atoms with Crippen LogP contribution in [0.3, 0.4) is 0 Å². The molecule has 0 aliphatic rings. The highest BCUT2D eigenvalue weighted by Gasteiger charge is 2.34. The van der Waals surface area contributed by atoms with Crippen molar-refractivity contribution in [3.05, 3.63) is 77.0 Å². The van der Waals surface area contributed by atoms with Crippen molar-refractivity contribution in [2.24, 2.45) is 5.73 Å². The summed E-state index contributed by atoms with van der Waals surface area (Å²) in [6.07, 6.45) is -3.45. The number of halogens is 4. The van der Waals surface area contributed by atoms with Gasteiger partial charge >= 0.3 is 6.18 Å². The number of amides is 1. The van der Waals surface area contributed by atoms with Crippen LogP contribution in [0.2, 0.25) is 5.02 Å². The Labute approximate surface area is 209 Å². The Hall–Kier alpha value is -3.77. The predicted octanol–water partition coefficient (Wildman–Crippen LogP) is 5.16. The molecule has 0 fully saturated rings. The summed E-state index contributed by atoms with van der Waals surface area (Å²) in [7, 11) is -3.15. The number of rotatable bonds is 8. The van der Waals surface area contributed by atoms with Gasteiger partial charge in [-0.1, -0.05) is 18.2 Å². The molecule has 0 spiro atoms. The third-order valence-electron chi connectivity index (χ3n) is 4.80. The number of hydrogen-bond acceptors (Lipinski definition) is 6. The molecule has 13 heteroatoms. The fourth-order valence-corrected chi connectivity index (χ4v) is 4.33. The number of primary amides is 1. The number of benzene rings is 2. The summed E-state index contributed by atoms with van der Waals surface area (Å²) in [5, 5.41) is -0.640. The molecule has 0 bridgehead atoms. The largest absolute Gasteiger partial charge is 0.496 e. The second-order valence-corrected chi connectivity index (χ2v) is 9.51. The number of sulfonamides is 1. The first kappa shape index (κ1) is 26.8. The molecule has 0 saturated heterocycles. The number of ether oxygens (including phenoxy) is 2. The van der Waals surface area contributed by atoms with Crippen LogP contribution in [0, 0.1) is 6.92 Å². The molecule has 0 radical (unpaired) electrons. The van der Waals surface area contributed by atoms with E-state index in [1.165, 1.54) is 37.6 Å². The molecular weight excluding hydrogens is 523 g/mol. The van der Waals surface area contributed by atoms with E-state index in [0.717, 1.165) is 12.1 Å². The van der Waals surface area contributed by atoms with E-state index in [1.54, 1.807) is 6.92 Å². The molecule has 0 aliphatic carbocycles. The average molecular weight is 542 g/mol. The minimum atomic E-state index is -4.85. The number of nitrogens with one attached hydrogen (secondary N) is 1. The average Bonchev–Trinajstić information content (AvgIpc) is 2.79. The monoisotopic (exact) mass is 541 g/mol. The smallest absolute Gasteiger partial charge is 0.417 e. The Kier molecular flexibility index (Phi) is 7.51. The number of alkyl halides is 3. The lowest BCUT2D eigenvalue weighted by atomic mass is 10.1. The number of methoxy groups -OCH3 is 1. The van der Waals surface area contributed by atoms with Crippen molar-refractivity contribution in [3.8, 4) is 17.4 Å². The third kappa shape index (κ3) is 5.89. The van der Waals surface area contributed by atoms with E-state index in [9.17, 15) is 26.4 Å². The van der Waals surface area contributed by atoms with E-state index < -0.39 is 37.6 Å². The van der Waals surface area contributed by atoms with Crippen molar-refractivity contribution in [2.45, 2.75) is 18.0 Å². The summed E-state index contributed by atoms with van der Waals surface area (Å²) in [4.78, 5) is 14.9. The van der Waals surface area contributed by atoms with Gasteiger partial charge in [-0.15, -0.1) is 0 Å². The number of hydrogen-bond donors (Lipinski definition) is 2. The van der Waals surface area contributed by atoms with Crippen molar-refractivity contribution in [1.82, 2.24) is 4.98 Å². The van der Waals surface area contributed by atoms with Crippen LogP contribution in [0.4, 0.5) is 18.9 Å². The summed E-state index contributed by atoms with van der Waals surface area (Å²) in [5.41, 5.74) is 4.69. The van der Waals surface area contributed by atoms with Crippen molar-refractivity contribution in [2.75, 3.05) is 11.8 Å². The molecule has 3 N–H and O–H groups in total. The topological polar surface area (TPSA) is 121 Å². The van der Waals surface area contributed by atoms with Crippen molar-refractivity contribution < 1.29 is 35.9 Å². The minimum Gasteiger partial charge on any atom is -0.496 e. The standard InChI is InChI=1S/C23H19ClF3N3O5S/c1-12-8-19(30-36(32,33)15-5-7-18(24)17(10-15)23(25,26)27)22(29-11-12)35-14-4-6-16(13(2)21(28)31)20(9-14)34-3/h4-11,30H,2H2,1,3H3,(H2,28,31). The van der Waals surface area contributed by atoms with Crippen molar-refractivity contribution in [1.29, 1.82) is 0 Å². The zero-order valence-corrected chi connectivity index (χ0v) is 20.4. The van der Waals surface area contributed by atoms with E-state index >= 15 is 0 Å². The fourth-order valence-electron chi connectivity index (χ4n) is 3.03. The van der Waals surface area contributed by atoms with Gasteiger partial charge in [-0.2, -0.15) is 13.2 Å². The lowest BCUT2D eigenvalue weighted by Crippen LogP contribution is -2.16. The number of nitrogens with two attached hydrogens (primary N) is 1. The molecule has 3 rings (SSSR count). The normalized spacial score (nSPS) is 11.6. The van der Waals surface area contributed by atoms with Crippen LogP contribution in [0.25, 0.3) is 5.57 Å². The zero-order valence-electron chi connectivity index (χ0n) is 18.8. The summed E-state index contributed by atoms with van der Waals surface area (Å²) in [5.74, 6) is -0.602. The SMILES string of the molecule is C=C(C(N)=O)c1ccc(Oc2ncc(C)cc2NS(=O)(=O)c2ccc(Cl)c(C(F)(F)F)c2)cc1OC. The first-order valence-corrected chi connectivity index (χ1v) is 11.8. The summed E-state index contributed by atoms with van der Waals surface area (Å²) < 4.78 is 78.6. The molecule has 3 aromatic rings. The van der Waals surface area contributed by atoms with Gasteiger partial charge in [0.2, 0.25) is 11.8 Å². The third-order valence-corrected chi connectivity index (χ3v) is 6.49. The molecular formula is C23H19ClF3N3O5S. The van der Waals surface area contributed by atoms with Crippen LogP contribution in [0.15, 0.2) is 60.1 Å². The molecule has 36 heavy (non-hydrogen) atoms. The van der Waals surface area contributed by atoms with Gasteiger partial charge in [-0.3, -0.25) is 9.52 Å². The Balaban J connectivity index is 1.98. The highest BCUT2D eigenvalue weighted by molar-refractivity contribution is 7.92. The highest BCUT2D eigenvalue weighted by atomic mass is 35.5. The summed E-state index contributed by atoms with van der Waals surface area (Å²) in [6.45, 7) is 5.23. The summed E-state index contributed by atoms with van der Waals surface area (Å²) in [6, 6.07) is 7.92. The van der Waals surface area contributed by atoms with E-state index in [2.05, 4.69) is 16.3 Å². The molecule has 0 saturated carbocycles. The van der Waals surface area contributed by atoms with Gasteiger partial charge in [0.25, 0.3) is 10.0 Å². The van der Waals surface area contributed by atoms with Crippen LogP contribution in [-0.4, -0.2) is 26.4 Å². The number of nitrogens with zero attached hydrogens (tertiary/aromatic N) is 1. The van der Waals surface area contributed by atoms with E-state index in [-0.39, 0.29) is 28.6 Å². The maximum atomic E-state index is 13.2. The predicted molar refractivity (Wildman–Crippen MR) is 128 cm³/mol. The number of aryl methyl sites for hydroxylation is 1. The van der Waals surface area contributed by atoms with Crippen LogP contribution in [-0.2, 0) is 21.0 Å². The van der Waals surface area contributed by atoms with E-state index in [4.69, 9.17) is 26.8 Å². The quantitative estimate of drug-likeness (QED) is 0.380. The van der Waals surface area contributed by atoms with Gasteiger partial charge in [0.15, 0.2) is 0 Å². The second kappa shape index (κ2) is 10.1. The Bertz CT molecular complexity index is 1460. The molecule has 190 valence electrons. The number of carbonyl (C=O) groups excluding carboxylic acids is 1. The molecule has 2 aromatic carbocycles. The number of pyridine rings is 1. The molecule has 1 amide bonds. The van der Waals surface area contributed by atoms with Crippen molar-refractivity contribution >= 4 is 38.8 Å². The van der Waals surface area contributed by atoms with Crippen LogP contribution >= 0.6 is 11.6 Å². The van der Waals surface area contributed by atoms with Gasteiger partial charge in [-0.25, -0.2) is 13.4 Å². The minimum absolute atomic E-state index is 0.00139. The van der Waals surface area contributed by atoms with Crippen LogP contribution < -0.4 is 19.9 Å². The molecule has 1 aromatic heterocycles. The Morgan fingerprint density at radius 1 is 1.17 bits per heavy atom. The fraction of sp³-hybridized carbons (Fsp3) is 0.130. The highest BCUT2D eigenvalue weighted by Crippen LogP contribution is 2.37. The molecule has 0 atom stereocenters. The first-order chi connectivity index (χ1) is 16.7. The Morgan fingerprint density at radius 3 is 2.47 bits per heavy atom. The van der Waals surface area contributed by atoms with Gasteiger partial charge < -0.3 is 15.2 Å². The number of aromatic nitrogens is 1. The van der Waals surface area contributed by atoms with E-state index in [1.807, 2.05) is 0 Å². The van der Waals surface area contributed by atoms with E-state index in [0.29, 0.717) is 17.2 Å². The molecule has 8 nitrogen and oxygen atoms in total. The zero-order chi connectivity index (χ0) is 26.8. The second-order valence-electron chi connectivity index (χ2n) is 7.42. The van der Waals surface area contributed by atoms with Crippen LogP contribution in [0.5, 0.6) is 17.4 Å². The maximum absolute atomic E-state index is 13.2. The van der Waals surface area contributed by atoms with Gasteiger partial charge in [-0.05, 0) is 48.9 Å². The lowest BCUT2D eigenvalue weighted by molar-refractivity contribution is -0.137. The Morgan fingerprint density at radius 2 is 1.86 bits per heavy atom. The van der Waals surface area contributed by atoms with Crippen LogP contribution in [0.1, 0.15) is 16.7 Å². The molecule has 0 unspecified atom stereocenters. The van der Waals surface area contributed by atoms with Gasteiger partial charge in [0.1, 0.15) is 17.2 Å². The summed E-state index contributed by atoms with van der Waals surface area (Å²) >= 11 is 5.59. The first-order valence-electron chi connectivity index (χ1n) is 9.94. The lowest BCUT2D eigenvalue weighted by Gasteiger charge is -2.16.